The van der Waals surface area contributed by atoms with Crippen LogP contribution in [-0.4, -0.2) is 41.3 Å². The van der Waals surface area contributed by atoms with Crippen molar-refractivity contribution in [1.29, 1.82) is 0 Å². The average molecular weight is 418 g/mol. The highest BCUT2D eigenvalue weighted by Gasteiger charge is 2.18. The third-order valence-electron chi connectivity index (χ3n) is 5.30. The molecule has 31 heavy (non-hydrogen) atoms. The second-order valence-corrected chi connectivity index (χ2v) is 7.24. The molecule has 0 atom stereocenters. The first-order valence-corrected chi connectivity index (χ1v) is 9.84. The minimum absolute atomic E-state index is 0.228. The second kappa shape index (κ2) is 7.77. The lowest BCUT2D eigenvalue weighted by Crippen LogP contribution is -2.11. The Morgan fingerprint density at radius 1 is 1.16 bits per heavy atom. The van der Waals surface area contributed by atoms with Crippen molar-refractivity contribution in [3.8, 4) is 17.1 Å². The summed E-state index contributed by atoms with van der Waals surface area (Å²) in [5.74, 6) is 0.545. The number of phenols is 1. The number of anilines is 1. The quantitative estimate of drug-likeness (QED) is 0.442. The SMILES string of the molecule is OCc1cnn2c(NCCC3=CCc4c(O)cccc43)nc(-c3cncc(F)c3)nc12. The largest absolute Gasteiger partial charge is 0.508 e. The van der Waals surface area contributed by atoms with Crippen molar-refractivity contribution in [2.45, 2.75) is 19.4 Å². The molecule has 0 saturated heterocycles. The minimum Gasteiger partial charge on any atom is -0.508 e. The van der Waals surface area contributed by atoms with Crippen molar-refractivity contribution in [3.63, 3.8) is 0 Å². The lowest BCUT2D eigenvalue weighted by Gasteiger charge is -2.11. The van der Waals surface area contributed by atoms with Crippen LogP contribution in [0.3, 0.4) is 0 Å². The molecule has 0 saturated carbocycles. The van der Waals surface area contributed by atoms with Gasteiger partial charge < -0.3 is 15.5 Å². The number of aromatic hydroxyl groups is 1. The zero-order valence-electron chi connectivity index (χ0n) is 16.5. The molecule has 0 aliphatic heterocycles. The van der Waals surface area contributed by atoms with Crippen LogP contribution in [0, 0.1) is 5.82 Å². The molecule has 0 radical (unpaired) electrons. The molecule has 9 heteroatoms. The van der Waals surface area contributed by atoms with Crippen molar-refractivity contribution in [2.24, 2.45) is 0 Å². The van der Waals surface area contributed by atoms with Gasteiger partial charge in [0.2, 0.25) is 5.95 Å². The predicted molar refractivity (Wildman–Crippen MR) is 113 cm³/mol. The van der Waals surface area contributed by atoms with Gasteiger partial charge in [0, 0.05) is 29.4 Å². The van der Waals surface area contributed by atoms with Gasteiger partial charge >= 0.3 is 0 Å². The summed E-state index contributed by atoms with van der Waals surface area (Å²) in [7, 11) is 0. The van der Waals surface area contributed by atoms with Gasteiger partial charge in [-0.25, -0.2) is 9.37 Å². The van der Waals surface area contributed by atoms with Gasteiger partial charge in [0.05, 0.1) is 19.0 Å². The Labute approximate surface area is 176 Å². The summed E-state index contributed by atoms with van der Waals surface area (Å²) in [5.41, 5.74) is 4.56. The van der Waals surface area contributed by atoms with Crippen molar-refractivity contribution in [2.75, 3.05) is 11.9 Å². The van der Waals surface area contributed by atoms with Gasteiger partial charge in [-0.2, -0.15) is 14.6 Å². The van der Waals surface area contributed by atoms with E-state index in [9.17, 15) is 14.6 Å². The molecule has 1 aliphatic rings. The number of hydrogen-bond donors (Lipinski definition) is 3. The number of aliphatic hydroxyl groups is 1. The lowest BCUT2D eigenvalue weighted by molar-refractivity contribution is 0.283. The fourth-order valence-electron chi connectivity index (χ4n) is 3.78. The molecule has 156 valence electrons. The van der Waals surface area contributed by atoms with Crippen LogP contribution < -0.4 is 5.32 Å². The predicted octanol–water partition coefficient (Wildman–Crippen LogP) is 2.97. The fraction of sp³-hybridized carbons (Fsp3) is 0.182. The van der Waals surface area contributed by atoms with Crippen LogP contribution in [-0.2, 0) is 13.0 Å². The minimum atomic E-state index is -0.485. The van der Waals surface area contributed by atoms with Crippen LogP contribution in [0.25, 0.3) is 22.6 Å². The Morgan fingerprint density at radius 3 is 2.90 bits per heavy atom. The first-order chi connectivity index (χ1) is 15.1. The van der Waals surface area contributed by atoms with E-state index in [1.54, 1.807) is 6.07 Å². The van der Waals surface area contributed by atoms with Crippen LogP contribution in [0.4, 0.5) is 10.3 Å². The molecule has 0 amide bonds. The van der Waals surface area contributed by atoms with Crippen LogP contribution >= 0.6 is 0 Å². The number of nitrogens with zero attached hydrogens (tertiary/aromatic N) is 5. The summed E-state index contributed by atoms with van der Waals surface area (Å²) < 4.78 is 15.2. The summed E-state index contributed by atoms with van der Waals surface area (Å²) >= 11 is 0. The first kappa shape index (κ1) is 19.1. The molecular formula is C22H19FN6O2. The van der Waals surface area contributed by atoms with Gasteiger partial charge in [-0.1, -0.05) is 18.2 Å². The Balaban J connectivity index is 1.43. The van der Waals surface area contributed by atoms with Gasteiger partial charge in [0.25, 0.3) is 0 Å². The average Bonchev–Trinajstić information content (AvgIpc) is 3.38. The number of aliphatic hydroxyl groups excluding tert-OH is 1. The van der Waals surface area contributed by atoms with Gasteiger partial charge in [0.15, 0.2) is 11.5 Å². The topological polar surface area (TPSA) is 108 Å². The maximum absolute atomic E-state index is 13.7. The summed E-state index contributed by atoms with van der Waals surface area (Å²) in [6, 6.07) is 6.86. The molecule has 5 rings (SSSR count). The standard InChI is InChI=1S/C22H19FN6O2/c23-16-8-14(9-24-11-16)20-27-21-15(12-30)10-26-29(21)22(28-20)25-7-6-13-4-5-18-17(13)2-1-3-19(18)31/h1-4,8-11,30-31H,5-7,12H2,(H,25,27,28). The third-order valence-corrected chi connectivity index (χ3v) is 5.30. The van der Waals surface area contributed by atoms with E-state index in [1.165, 1.54) is 23.0 Å². The van der Waals surface area contributed by atoms with Gasteiger partial charge in [0.1, 0.15) is 11.6 Å². The zero-order valence-corrected chi connectivity index (χ0v) is 16.5. The number of halogens is 1. The summed E-state index contributed by atoms with van der Waals surface area (Å²) in [5, 5.41) is 27.2. The van der Waals surface area contributed by atoms with E-state index >= 15 is 0 Å². The molecule has 0 spiro atoms. The molecule has 4 aromatic rings. The summed E-state index contributed by atoms with van der Waals surface area (Å²) in [6.07, 6.45) is 7.67. The van der Waals surface area contributed by atoms with E-state index in [1.807, 2.05) is 12.1 Å². The van der Waals surface area contributed by atoms with E-state index in [0.29, 0.717) is 47.9 Å². The van der Waals surface area contributed by atoms with Crippen LogP contribution in [0.1, 0.15) is 23.1 Å². The van der Waals surface area contributed by atoms with Crippen molar-refractivity contribution < 1.29 is 14.6 Å². The molecule has 1 aromatic carbocycles. The zero-order chi connectivity index (χ0) is 21.4. The van der Waals surface area contributed by atoms with Crippen LogP contribution in [0.15, 0.2) is 48.9 Å². The van der Waals surface area contributed by atoms with Gasteiger partial charge in [-0.3, -0.25) is 4.98 Å². The molecule has 3 N–H and O–H groups in total. The van der Waals surface area contributed by atoms with E-state index in [2.05, 4.69) is 31.4 Å². The number of benzene rings is 1. The highest BCUT2D eigenvalue weighted by molar-refractivity contribution is 5.75. The number of allylic oxidation sites excluding steroid dienone is 1. The van der Waals surface area contributed by atoms with Gasteiger partial charge in [-0.05, 0) is 36.1 Å². The fourth-order valence-corrected chi connectivity index (χ4v) is 3.78. The molecule has 3 aromatic heterocycles. The lowest BCUT2D eigenvalue weighted by atomic mass is 10.0. The second-order valence-electron chi connectivity index (χ2n) is 7.24. The highest BCUT2D eigenvalue weighted by atomic mass is 19.1. The molecule has 8 nitrogen and oxygen atoms in total. The Kier molecular flexibility index (Phi) is 4.79. The third kappa shape index (κ3) is 3.49. The van der Waals surface area contributed by atoms with E-state index in [0.717, 1.165) is 22.9 Å². The molecular weight excluding hydrogens is 399 g/mol. The maximum Gasteiger partial charge on any atom is 0.227 e. The monoisotopic (exact) mass is 418 g/mol. The van der Waals surface area contributed by atoms with Crippen molar-refractivity contribution in [1.82, 2.24) is 24.6 Å². The van der Waals surface area contributed by atoms with Crippen molar-refractivity contribution in [3.05, 3.63) is 71.4 Å². The van der Waals surface area contributed by atoms with Crippen LogP contribution in [0.5, 0.6) is 5.75 Å². The van der Waals surface area contributed by atoms with Crippen LogP contribution in [0.2, 0.25) is 0 Å². The van der Waals surface area contributed by atoms with E-state index < -0.39 is 5.82 Å². The summed E-state index contributed by atoms with van der Waals surface area (Å²) in [6.45, 7) is 0.330. The highest BCUT2D eigenvalue weighted by Crippen LogP contribution is 2.34. The number of rotatable bonds is 6. The van der Waals surface area contributed by atoms with Crippen molar-refractivity contribution >= 4 is 17.2 Å². The number of hydrogen-bond acceptors (Lipinski definition) is 7. The molecule has 0 unspecified atom stereocenters. The Bertz CT molecular complexity index is 1320. The Hall–Kier alpha value is -3.85. The molecule has 1 aliphatic carbocycles. The van der Waals surface area contributed by atoms with E-state index in [-0.39, 0.29) is 12.4 Å². The molecule has 0 fully saturated rings. The Morgan fingerprint density at radius 2 is 2.06 bits per heavy atom. The summed E-state index contributed by atoms with van der Waals surface area (Å²) in [4.78, 5) is 12.8. The normalized spacial score (nSPS) is 12.8. The number of phenolic OH excluding ortho intramolecular Hbond substituents is 1. The maximum atomic E-state index is 13.7. The number of fused-ring (bicyclic) bond motifs is 2. The van der Waals surface area contributed by atoms with E-state index in [4.69, 9.17) is 0 Å². The number of aromatic nitrogens is 5. The number of pyridine rings is 1. The molecule has 0 bridgehead atoms. The first-order valence-electron chi connectivity index (χ1n) is 9.84. The smallest absolute Gasteiger partial charge is 0.227 e. The molecule has 3 heterocycles. The number of nitrogens with one attached hydrogen (secondary N) is 1. The van der Waals surface area contributed by atoms with Gasteiger partial charge in [-0.15, -0.1) is 0 Å².